The molecule has 8 nitrogen and oxygen atoms in total. The van der Waals surface area contributed by atoms with Crippen LogP contribution in [-0.2, 0) is 12.8 Å². The number of carbonyl (C=O) groups is 2. The maximum absolute atomic E-state index is 14.1. The van der Waals surface area contributed by atoms with Crippen LogP contribution >= 0.6 is 11.3 Å². The number of rotatable bonds is 8. The number of aromatic nitrogens is 1. The number of hydrogen-bond donors (Lipinski definition) is 3. The topological polar surface area (TPSA) is 104 Å². The summed E-state index contributed by atoms with van der Waals surface area (Å²) in [6.07, 6.45) is 3.73. The first-order valence-corrected chi connectivity index (χ1v) is 15.8. The van der Waals surface area contributed by atoms with Gasteiger partial charge >= 0.3 is 0 Å². The number of fused-ring (bicyclic) bond motifs is 1. The van der Waals surface area contributed by atoms with Gasteiger partial charge in [0.15, 0.2) is 0 Å². The fourth-order valence-corrected chi connectivity index (χ4v) is 7.44. The van der Waals surface area contributed by atoms with E-state index in [0.717, 1.165) is 61.0 Å². The van der Waals surface area contributed by atoms with E-state index < -0.39 is 29.7 Å². The van der Waals surface area contributed by atoms with E-state index in [-0.39, 0.29) is 30.0 Å². The van der Waals surface area contributed by atoms with Gasteiger partial charge in [-0.05, 0) is 93.8 Å². The summed E-state index contributed by atoms with van der Waals surface area (Å²) in [4.78, 5) is 34.3. The van der Waals surface area contributed by atoms with Crippen molar-refractivity contribution in [1.29, 1.82) is 0 Å². The van der Waals surface area contributed by atoms with Crippen molar-refractivity contribution in [2.24, 2.45) is 0 Å². The van der Waals surface area contributed by atoms with Crippen molar-refractivity contribution in [2.45, 2.75) is 76.1 Å². The highest BCUT2D eigenvalue weighted by molar-refractivity contribution is 7.09. The lowest BCUT2D eigenvalue weighted by Gasteiger charge is -2.29. The van der Waals surface area contributed by atoms with Crippen LogP contribution < -0.4 is 15.4 Å². The highest BCUT2D eigenvalue weighted by Gasteiger charge is 2.36. The summed E-state index contributed by atoms with van der Waals surface area (Å²) in [6, 6.07) is 5.30. The second-order valence-corrected chi connectivity index (χ2v) is 12.6. The van der Waals surface area contributed by atoms with Crippen LogP contribution in [0.4, 0.5) is 8.78 Å². The van der Waals surface area contributed by atoms with Gasteiger partial charge in [0.05, 0.1) is 30.4 Å². The van der Waals surface area contributed by atoms with Gasteiger partial charge in [-0.15, -0.1) is 11.3 Å². The average Bonchev–Trinajstić information content (AvgIpc) is 3.77. The van der Waals surface area contributed by atoms with E-state index >= 15 is 0 Å². The minimum Gasteiger partial charge on any atom is -0.492 e. The fraction of sp³-hybridized carbons (Fsp3) is 0.469. The highest BCUT2D eigenvalue weighted by atomic mass is 32.1. The van der Waals surface area contributed by atoms with Gasteiger partial charge in [0.1, 0.15) is 22.4 Å². The number of aliphatic hydroxyl groups excluding tert-OH is 1. The van der Waals surface area contributed by atoms with Crippen molar-refractivity contribution in [3.8, 4) is 5.75 Å². The highest BCUT2D eigenvalue weighted by Crippen LogP contribution is 2.38. The molecule has 3 aromatic rings. The number of carbonyl (C=O) groups excluding carboxylic acids is 2. The van der Waals surface area contributed by atoms with Crippen molar-refractivity contribution >= 4 is 23.2 Å². The first-order valence-electron chi connectivity index (χ1n) is 15.0. The molecular formula is C32H36F2N4O4S. The molecular weight excluding hydrogens is 574 g/mol. The van der Waals surface area contributed by atoms with E-state index in [1.807, 2.05) is 17.2 Å². The van der Waals surface area contributed by atoms with Crippen LogP contribution in [0.3, 0.4) is 0 Å². The normalized spacial score (nSPS) is 21.3. The zero-order chi connectivity index (χ0) is 30.1. The van der Waals surface area contributed by atoms with Crippen LogP contribution in [-0.4, -0.2) is 64.7 Å². The maximum Gasteiger partial charge on any atom is 0.258 e. The molecule has 4 atom stereocenters. The Bertz CT molecular complexity index is 1490. The number of likely N-dealkylation sites (tertiary alicyclic amines) is 1. The lowest BCUT2D eigenvalue weighted by atomic mass is 9.94. The molecule has 3 N–H and O–H groups in total. The van der Waals surface area contributed by atoms with E-state index in [0.29, 0.717) is 36.4 Å². The van der Waals surface area contributed by atoms with E-state index in [2.05, 4.69) is 15.6 Å². The first-order chi connectivity index (χ1) is 20.8. The van der Waals surface area contributed by atoms with Gasteiger partial charge < -0.3 is 25.4 Å². The van der Waals surface area contributed by atoms with Gasteiger partial charge in [-0.2, -0.15) is 0 Å². The Morgan fingerprint density at radius 3 is 2.70 bits per heavy atom. The lowest BCUT2D eigenvalue weighted by molar-refractivity contribution is 0.0728. The van der Waals surface area contributed by atoms with Gasteiger partial charge in [-0.3, -0.25) is 9.59 Å². The fourth-order valence-electron chi connectivity index (χ4n) is 6.49. The van der Waals surface area contributed by atoms with Gasteiger partial charge in [0.25, 0.3) is 11.8 Å². The number of benzene rings is 2. The molecule has 4 heterocycles. The van der Waals surface area contributed by atoms with E-state index in [1.165, 1.54) is 12.1 Å². The summed E-state index contributed by atoms with van der Waals surface area (Å²) in [5.74, 6) is -1.62. The molecule has 2 amide bonds. The summed E-state index contributed by atoms with van der Waals surface area (Å²) in [7, 11) is 0. The van der Waals surface area contributed by atoms with Crippen molar-refractivity contribution in [3.63, 3.8) is 0 Å². The number of nitrogens with zero attached hydrogens (tertiary/aromatic N) is 2. The van der Waals surface area contributed by atoms with Crippen LogP contribution in [0.2, 0.25) is 0 Å². The Morgan fingerprint density at radius 2 is 1.98 bits per heavy atom. The number of ether oxygens (including phenoxy) is 1. The van der Waals surface area contributed by atoms with Crippen molar-refractivity contribution in [3.05, 3.63) is 80.3 Å². The molecule has 0 aliphatic carbocycles. The second kappa shape index (κ2) is 12.7. The van der Waals surface area contributed by atoms with E-state index in [9.17, 15) is 23.5 Å². The molecule has 1 aromatic heterocycles. The number of amides is 2. The van der Waals surface area contributed by atoms with Crippen molar-refractivity contribution in [2.75, 3.05) is 19.7 Å². The second-order valence-electron chi connectivity index (χ2n) is 11.7. The van der Waals surface area contributed by atoms with Gasteiger partial charge in [-0.1, -0.05) is 0 Å². The predicted octanol–water partition coefficient (Wildman–Crippen LogP) is 4.49. The molecule has 0 spiro atoms. The number of aliphatic hydroxyl groups is 1. The standard InChI is InChI=1S/C32H36F2N4O4S/c1-18-17-43-31(36-18)27-7-3-9-38(27)32(41)24-15-21(14-20-5-4-10-42-29(20)24)30(40)37-26(28(39)25-6-2-8-35-25)13-19-11-22(33)16-23(34)12-19/h11-12,14-17,25-28,35,39H,2-10,13H2,1H3,(H,37,40)/t25-,26-,27+,28+/m0/s1. The SMILES string of the molecule is Cc1csc([C@H]2CCCN2C(=O)c2cc(C(=O)N[C@@H](Cc3cc(F)cc(F)c3)[C@H](O)[C@@H]3CCCN3)cc3c2OCCC3)n1. The molecule has 43 heavy (non-hydrogen) atoms. The van der Waals surface area contributed by atoms with Gasteiger partial charge in [-0.25, -0.2) is 13.8 Å². The molecule has 6 rings (SSSR count). The molecule has 3 aliphatic rings. The zero-order valence-electron chi connectivity index (χ0n) is 24.1. The summed E-state index contributed by atoms with van der Waals surface area (Å²) in [6.45, 7) is 3.75. The first kappa shape index (κ1) is 29.7. The maximum atomic E-state index is 14.1. The third-order valence-corrected chi connectivity index (χ3v) is 9.61. The molecule has 2 aromatic carbocycles. The Hall–Kier alpha value is -3.41. The molecule has 0 bridgehead atoms. The monoisotopic (exact) mass is 610 g/mol. The largest absolute Gasteiger partial charge is 0.492 e. The van der Waals surface area contributed by atoms with E-state index in [4.69, 9.17) is 4.74 Å². The van der Waals surface area contributed by atoms with Crippen molar-refractivity contribution in [1.82, 2.24) is 20.5 Å². The van der Waals surface area contributed by atoms with Crippen molar-refractivity contribution < 1.29 is 28.2 Å². The summed E-state index contributed by atoms with van der Waals surface area (Å²) in [5, 5.41) is 20.3. The number of nitrogens with one attached hydrogen (secondary N) is 2. The molecule has 11 heteroatoms. The van der Waals surface area contributed by atoms with Gasteiger partial charge in [0, 0.05) is 35.3 Å². The molecule has 2 fully saturated rings. The van der Waals surface area contributed by atoms with Crippen LogP contribution in [0.15, 0.2) is 35.7 Å². The number of aryl methyl sites for hydroxylation is 2. The predicted molar refractivity (Wildman–Crippen MR) is 158 cm³/mol. The minimum absolute atomic E-state index is 0.0301. The van der Waals surface area contributed by atoms with Crippen LogP contribution in [0.25, 0.3) is 0 Å². The number of hydrogen-bond acceptors (Lipinski definition) is 7. The lowest BCUT2D eigenvalue weighted by Crippen LogP contribution is -2.52. The van der Waals surface area contributed by atoms with Crippen LogP contribution in [0, 0.1) is 18.6 Å². The molecule has 2 saturated heterocycles. The zero-order valence-corrected chi connectivity index (χ0v) is 24.9. The molecule has 0 radical (unpaired) electrons. The summed E-state index contributed by atoms with van der Waals surface area (Å²) >= 11 is 1.55. The molecule has 3 aliphatic heterocycles. The van der Waals surface area contributed by atoms with E-state index in [1.54, 1.807) is 23.5 Å². The third-order valence-electron chi connectivity index (χ3n) is 8.55. The third kappa shape index (κ3) is 6.44. The number of halogens is 2. The average molecular weight is 611 g/mol. The minimum atomic E-state index is -0.994. The Labute approximate surface area is 253 Å². The molecule has 0 saturated carbocycles. The quantitative estimate of drug-likeness (QED) is 0.348. The molecule has 0 unspecified atom stereocenters. The van der Waals surface area contributed by atoms with Gasteiger partial charge in [0.2, 0.25) is 0 Å². The molecule has 228 valence electrons. The Balaban J connectivity index is 1.30. The summed E-state index contributed by atoms with van der Waals surface area (Å²) < 4.78 is 34.0. The summed E-state index contributed by atoms with van der Waals surface area (Å²) in [5.41, 5.74) is 2.64. The smallest absolute Gasteiger partial charge is 0.258 e. The Kier molecular flexibility index (Phi) is 8.74. The Morgan fingerprint density at radius 1 is 1.16 bits per heavy atom. The number of thiazole rings is 1. The van der Waals surface area contributed by atoms with Crippen LogP contribution in [0.1, 0.15) is 80.7 Å². The van der Waals surface area contributed by atoms with Crippen LogP contribution in [0.5, 0.6) is 5.75 Å².